The second-order valence-corrected chi connectivity index (χ2v) is 5.97. The maximum atomic E-state index is 11.2. The van der Waals surface area contributed by atoms with Gasteiger partial charge in [-0.05, 0) is 13.2 Å². The molecule has 0 radical (unpaired) electrons. The van der Waals surface area contributed by atoms with Crippen molar-refractivity contribution in [2.45, 2.75) is 6.10 Å². The number of hydrogen-bond acceptors (Lipinski definition) is 3. The Morgan fingerprint density at radius 1 is 1.82 bits per heavy atom. The summed E-state index contributed by atoms with van der Waals surface area (Å²) in [6.07, 6.45) is 0.893. The Kier molecular flexibility index (Phi) is 3.40. The van der Waals surface area contributed by atoms with Crippen molar-refractivity contribution in [3.05, 3.63) is 11.9 Å². The highest BCUT2D eigenvalue weighted by Gasteiger charge is 2.16. The van der Waals surface area contributed by atoms with E-state index in [-0.39, 0.29) is 21.8 Å². The van der Waals surface area contributed by atoms with E-state index in [1.807, 2.05) is 17.3 Å². The highest BCUT2D eigenvalue weighted by atomic mass is 32.7. The zero-order chi connectivity index (χ0) is 8.27. The van der Waals surface area contributed by atoms with E-state index in [1.165, 1.54) is 0 Å². The zero-order valence-electron chi connectivity index (χ0n) is 5.86. The van der Waals surface area contributed by atoms with Gasteiger partial charge in [-0.1, -0.05) is 22.0 Å². The lowest BCUT2D eigenvalue weighted by molar-refractivity contribution is -0.117. The van der Waals surface area contributed by atoms with Crippen LogP contribution in [0, 0.1) is 0 Å². The summed E-state index contributed by atoms with van der Waals surface area (Å²) in [4.78, 5) is 11.2. The summed E-state index contributed by atoms with van der Waals surface area (Å²) in [6.45, 7) is 0.0284. The second kappa shape index (κ2) is 4.12. The second-order valence-electron chi connectivity index (χ2n) is 2.02. The largest absolute Gasteiger partial charge is 0.383 e. The van der Waals surface area contributed by atoms with Crippen LogP contribution in [0.2, 0.25) is 0 Å². The van der Waals surface area contributed by atoms with Gasteiger partial charge in [0.2, 0.25) is 5.12 Å². The van der Waals surface area contributed by atoms with E-state index in [2.05, 4.69) is 0 Å². The van der Waals surface area contributed by atoms with Gasteiger partial charge in [0.1, 0.15) is 6.10 Å². The molecule has 1 aliphatic heterocycles. The number of nitrogens with two attached hydrogens (primary N) is 1. The van der Waals surface area contributed by atoms with E-state index >= 15 is 0 Å². The molecule has 3 nitrogen and oxygen atoms in total. The first-order valence-corrected chi connectivity index (χ1v) is 6.26. The molecule has 1 heterocycles. The van der Waals surface area contributed by atoms with E-state index in [9.17, 15) is 4.79 Å². The van der Waals surface area contributed by atoms with Crippen LogP contribution in [0.5, 0.6) is 0 Å². The number of hydrogen-bond donors (Lipinski definition) is 2. The molecule has 3 atom stereocenters. The molecule has 0 aromatic heterocycles. The van der Waals surface area contributed by atoms with Gasteiger partial charge in [-0.25, -0.2) is 0 Å². The van der Waals surface area contributed by atoms with E-state index < -0.39 is 6.10 Å². The van der Waals surface area contributed by atoms with Crippen LogP contribution in [0.25, 0.3) is 0 Å². The third-order valence-electron chi connectivity index (χ3n) is 1.22. The van der Waals surface area contributed by atoms with E-state index in [0.717, 1.165) is 0 Å². The average Bonchev–Trinajstić information content (AvgIpc) is 2.53. The summed E-state index contributed by atoms with van der Waals surface area (Å²) < 4.78 is 0. The molecule has 0 aromatic carbocycles. The van der Waals surface area contributed by atoms with Crippen LogP contribution in [0.1, 0.15) is 0 Å². The highest BCUT2D eigenvalue weighted by Crippen LogP contribution is 2.43. The minimum atomic E-state index is -0.970. The fourth-order valence-electron chi connectivity index (χ4n) is 0.638. The molecule has 0 aromatic rings. The molecule has 0 fully saturated rings. The number of aliphatic hydroxyl groups is 1. The van der Waals surface area contributed by atoms with Crippen LogP contribution in [0.3, 0.4) is 0 Å². The van der Waals surface area contributed by atoms with Gasteiger partial charge in [0.25, 0.3) is 0 Å². The van der Waals surface area contributed by atoms with Gasteiger partial charge >= 0.3 is 0 Å². The third kappa shape index (κ3) is 2.20. The Balaban J connectivity index is 2.55. The van der Waals surface area contributed by atoms with Gasteiger partial charge < -0.3 is 10.8 Å². The first-order chi connectivity index (χ1) is 5.25. The van der Waals surface area contributed by atoms with Gasteiger partial charge in [-0.3, -0.25) is 4.79 Å². The summed E-state index contributed by atoms with van der Waals surface area (Å²) in [5, 5.41) is 10.8. The molecule has 3 unspecified atom stereocenters. The fourth-order valence-corrected chi connectivity index (χ4v) is 3.96. The Labute approximate surface area is 69.1 Å². The Hall–Kier alpha value is -0.0200. The first kappa shape index (κ1) is 9.07. The van der Waals surface area contributed by atoms with Crippen molar-refractivity contribution in [2.75, 3.05) is 6.54 Å². The molecule has 0 amide bonds. The van der Waals surface area contributed by atoms with Crippen molar-refractivity contribution in [1.82, 2.24) is 0 Å². The number of rotatable bonds is 2. The van der Waals surface area contributed by atoms with Gasteiger partial charge in [-0.15, -0.1) is 0 Å². The van der Waals surface area contributed by atoms with Crippen LogP contribution < -0.4 is 5.73 Å². The SMILES string of the molecule is NCC(O)C(=O)S1=CC=CP1. The highest BCUT2D eigenvalue weighted by molar-refractivity contribution is 8.68. The van der Waals surface area contributed by atoms with Gasteiger partial charge in [0.05, 0.1) is 0 Å². The van der Waals surface area contributed by atoms with E-state index in [0.29, 0.717) is 7.78 Å². The van der Waals surface area contributed by atoms with Crippen molar-refractivity contribution in [3.8, 4) is 0 Å². The molecule has 1 aliphatic rings. The van der Waals surface area contributed by atoms with E-state index in [4.69, 9.17) is 10.8 Å². The monoisotopic (exact) mass is 191 g/mol. The molecule has 1 rings (SSSR count). The van der Waals surface area contributed by atoms with Gasteiger partial charge in [0.15, 0.2) is 0 Å². The van der Waals surface area contributed by atoms with Crippen molar-refractivity contribution in [1.29, 1.82) is 0 Å². The summed E-state index contributed by atoms with van der Waals surface area (Å²) in [6, 6.07) is 0. The smallest absolute Gasteiger partial charge is 0.217 e. The number of carbonyl (C=O) groups is 1. The summed E-state index contributed by atoms with van der Waals surface area (Å²) >= 11 is 0. The van der Waals surface area contributed by atoms with Crippen LogP contribution in [0.15, 0.2) is 11.9 Å². The number of allylic oxidation sites excluding steroid dienone is 1. The first-order valence-electron chi connectivity index (χ1n) is 3.17. The minimum Gasteiger partial charge on any atom is -0.383 e. The summed E-state index contributed by atoms with van der Waals surface area (Å²) in [5.41, 5.74) is 5.14. The van der Waals surface area contributed by atoms with Gasteiger partial charge in [0, 0.05) is 6.54 Å². The van der Waals surface area contributed by atoms with Crippen molar-refractivity contribution in [2.24, 2.45) is 5.73 Å². The molecule has 62 valence electrons. The Bertz CT molecular complexity index is 227. The lowest BCUT2D eigenvalue weighted by Crippen LogP contribution is -2.27. The molecule has 0 saturated heterocycles. The summed E-state index contributed by atoms with van der Waals surface area (Å²) in [7, 11) is 0.123. The molecular weight excluding hydrogens is 181 g/mol. The zero-order valence-corrected chi connectivity index (χ0v) is 7.67. The standard InChI is InChI=1S/C6H10NO2PS/c7-4-5(8)6(9)11-3-1-2-10-11/h1-3,5,8,10H,4,7H2. The maximum Gasteiger partial charge on any atom is 0.217 e. The van der Waals surface area contributed by atoms with Crippen LogP contribution >= 0.6 is 17.9 Å². The Morgan fingerprint density at radius 2 is 2.55 bits per heavy atom. The lowest BCUT2D eigenvalue weighted by Gasteiger charge is -2.06. The third-order valence-corrected chi connectivity index (χ3v) is 5.12. The van der Waals surface area contributed by atoms with Crippen molar-refractivity contribution >= 4 is 28.4 Å². The Morgan fingerprint density at radius 3 is 3.00 bits per heavy atom. The molecular formula is C6H10NO2PS. The van der Waals surface area contributed by atoms with Crippen LogP contribution in [-0.2, 0) is 4.79 Å². The van der Waals surface area contributed by atoms with Crippen LogP contribution in [-0.4, -0.2) is 28.2 Å². The van der Waals surface area contributed by atoms with Crippen molar-refractivity contribution < 1.29 is 9.90 Å². The quantitative estimate of drug-likeness (QED) is 0.478. The fraction of sp³-hybridized carbons (Fsp3) is 0.333. The normalized spacial score (nSPS) is 26.9. The number of carbonyl (C=O) groups excluding carboxylic acids is 1. The molecule has 0 saturated carbocycles. The van der Waals surface area contributed by atoms with E-state index in [1.54, 1.807) is 0 Å². The van der Waals surface area contributed by atoms with Gasteiger partial charge in [-0.2, -0.15) is 0 Å². The molecule has 11 heavy (non-hydrogen) atoms. The van der Waals surface area contributed by atoms with Crippen LogP contribution in [0.4, 0.5) is 0 Å². The molecule has 0 bridgehead atoms. The molecule has 0 spiro atoms. The topological polar surface area (TPSA) is 63.3 Å². The molecule has 3 N–H and O–H groups in total. The minimum absolute atomic E-state index is 0.0284. The maximum absolute atomic E-state index is 11.2. The average molecular weight is 191 g/mol. The predicted octanol–water partition coefficient (Wildman–Crippen LogP) is 0.0245. The number of aliphatic hydroxyl groups excluding tert-OH is 1. The summed E-state index contributed by atoms with van der Waals surface area (Å²) in [5.74, 6) is 1.95. The predicted molar refractivity (Wildman–Crippen MR) is 51.2 cm³/mol. The molecule has 5 heteroatoms. The molecule has 0 aliphatic carbocycles. The lowest BCUT2D eigenvalue weighted by atomic mass is 10.4. The van der Waals surface area contributed by atoms with Crippen molar-refractivity contribution in [3.63, 3.8) is 0 Å².